The molecule has 1 fully saturated rings. The minimum atomic E-state index is -0.372. The summed E-state index contributed by atoms with van der Waals surface area (Å²) < 4.78 is 13.0. The number of aromatic amines is 1. The standard InChI is InChI=1S/C23H23FN4O2/c1-15-4-2-3-5-19(15)20-14-21(27-26-20)23(30)28-12-10-18(11-13-28)25-22(29)16-6-8-17(24)9-7-16/h2-9,14,18H,10-13H2,1H3,(H,25,29)(H,26,27). The number of halogens is 1. The molecule has 0 aliphatic carbocycles. The van der Waals surface area contributed by atoms with Crippen molar-refractivity contribution in [1.29, 1.82) is 0 Å². The van der Waals surface area contributed by atoms with Gasteiger partial charge in [-0.25, -0.2) is 4.39 Å². The third-order valence-corrected chi connectivity index (χ3v) is 5.45. The molecule has 0 spiro atoms. The van der Waals surface area contributed by atoms with Crippen LogP contribution in [0, 0.1) is 12.7 Å². The predicted molar refractivity (Wildman–Crippen MR) is 112 cm³/mol. The van der Waals surface area contributed by atoms with Gasteiger partial charge in [-0.2, -0.15) is 5.10 Å². The van der Waals surface area contributed by atoms with Gasteiger partial charge in [0.1, 0.15) is 11.5 Å². The van der Waals surface area contributed by atoms with Crippen LogP contribution in [0.1, 0.15) is 39.3 Å². The Morgan fingerprint density at radius 1 is 1.10 bits per heavy atom. The van der Waals surface area contributed by atoms with Crippen LogP contribution in [0.15, 0.2) is 54.6 Å². The predicted octanol–water partition coefficient (Wildman–Crippen LogP) is 3.56. The lowest BCUT2D eigenvalue weighted by Crippen LogP contribution is -2.46. The van der Waals surface area contributed by atoms with E-state index in [2.05, 4.69) is 15.5 Å². The first-order chi connectivity index (χ1) is 14.5. The average molecular weight is 406 g/mol. The summed E-state index contributed by atoms with van der Waals surface area (Å²) in [7, 11) is 0. The molecule has 0 bridgehead atoms. The highest BCUT2D eigenvalue weighted by Crippen LogP contribution is 2.22. The molecule has 2 heterocycles. The van der Waals surface area contributed by atoms with Crippen molar-refractivity contribution in [2.24, 2.45) is 0 Å². The lowest BCUT2D eigenvalue weighted by molar-refractivity contribution is 0.0692. The Labute approximate surface area is 174 Å². The number of hydrogen-bond acceptors (Lipinski definition) is 3. The molecule has 6 nitrogen and oxygen atoms in total. The van der Waals surface area contributed by atoms with Crippen LogP contribution < -0.4 is 5.32 Å². The molecule has 2 aromatic carbocycles. The van der Waals surface area contributed by atoms with Crippen molar-refractivity contribution in [2.45, 2.75) is 25.8 Å². The summed E-state index contributed by atoms with van der Waals surface area (Å²) in [4.78, 5) is 26.9. The first kappa shape index (κ1) is 19.8. The number of likely N-dealkylation sites (tertiary alicyclic amines) is 1. The number of aryl methyl sites for hydroxylation is 1. The zero-order valence-electron chi connectivity index (χ0n) is 16.7. The Morgan fingerprint density at radius 3 is 2.50 bits per heavy atom. The highest BCUT2D eigenvalue weighted by molar-refractivity contribution is 5.95. The minimum absolute atomic E-state index is 0.0177. The van der Waals surface area contributed by atoms with E-state index in [-0.39, 0.29) is 23.7 Å². The van der Waals surface area contributed by atoms with Crippen molar-refractivity contribution in [3.05, 3.63) is 77.2 Å². The maximum Gasteiger partial charge on any atom is 0.271 e. The third kappa shape index (κ3) is 4.25. The van der Waals surface area contributed by atoms with Crippen molar-refractivity contribution in [2.75, 3.05) is 13.1 Å². The molecular weight excluding hydrogens is 383 g/mol. The molecule has 0 saturated carbocycles. The number of amides is 2. The number of benzene rings is 2. The van der Waals surface area contributed by atoms with Gasteiger partial charge >= 0.3 is 0 Å². The van der Waals surface area contributed by atoms with Gasteiger partial charge in [0.05, 0.1) is 5.69 Å². The van der Waals surface area contributed by atoms with Gasteiger partial charge in [0.2, 0.25) is 0 Å². The molecule has 0 radical (unpaired) electrons. The summed E-state index contributed by atoms with van der Waals surface area (Å²) in [5.41, 5.74) is 3.73. The number of rotatable bonds is 4. The summed E-state index contributed by atoms with van der Waals surface area (Å²) in [5, 5.41) is 10.1. The monoisotopic (exact) mass is 406 g/mol. The minimum Gasteiger partial charge on any atom is -0.349 e. The molecule has 154 valence electrons. The lowest BCUT2D eigenvalue weighted by atomic mass is 10.0. The van der Waals surface area contributed by atoms with Crippen molar-refractivity contribution in [1.82, 2.24) is 20.4 Å². The Balaban J connectivity index is 1.34. The molecule has 4 rings (SSSR count). The maximum absolute atomic E-state index is 13.0. The second-order valence-electron chi connectivity index (χ2n) is 7.53. The Hall–Kier alpha value is -3.48. The maximum atomic E-state index is 13.0. The van der Waals surface area contributed by atoms with Gasteiger partial charge in [0, 0.05) is 30.3 Å². The van der Waals surface area contributed by atoms with E-state index < -0.39 is 0 Å². The number of carbonyl (C=O) groups excluding carboxylic acids is 2. The molecule has 0 unspecified atom stereocenters. The zero-order valence-corrected chi connectivity index (χ0v) is 16.7. The van der Waals surface area contributed by atoms with Gasteiger partial charge in [-0.1, -0.05) is 24.3 Å². The summed E-state index contributed by atoms with van der Waals surface area (Å²) >= 11 is 0. The van der Waals surface area contributed by atoms with E-state index in [9.17, 15) is 14.0 Å². The summed E-state index contributed by atoms with van der Waals surface area (Å²) in [6.45, 7) is 3.11. The van der Waals surface area contributed by atoms with E-state index in [1.807, 2.05) is 31.2 Å². The van der Waals surface area contributed by atoms with Crippen molar-refractivity contribution in [3.63, 3.8) is 0 Å². The van der Waals surface area contributed by atoms with Gasteiger partial charge in [-0.05, 0) is 55.7 Å². The second kappa shape index (κ2) is 8.49. The molecular formula is C23H23FN4O2. The van der Waals surface area contributed by atoms with E-state index in [1.54, 1.807) is 11.0 Å². The molecule has 3 aromatic rings. The van der Waals surface area contributed by atoms with Crippen LogP contribution in [0.2, 0.25) is 0 Å². The highest BCUT2D eigenvalue weighted by Gasteiger charge is 2.26. The second-order valence-corrected chi connectivity index (χ2v) is 7.53. The van der Waals surface area contributed by atoms with Crippen molar-refractivity contribution in [3.8, 4) is 11.3 Å². The van der Waals surface area contributed by atoms with Crippen LogP contribution in [0.4, 0.5) is 4.39 Å². The normalized spacial score (nSPS) is 14.5. The van der Waals surface area contributed by atoms with Crippen LogP contribution in [-0.4, -0.2) is 46.0 Å². The Morgan fingerprint density at radius 2 is 1.80 bits per heavy atom. The summed E-state index contributed by atoms with van der Waals surface area (Å²) in [5.74, 6) is -0.690. The molecule has 1 aliphatic rings. The molecule has 2 N–H and O–H groups in total. The number of hydrogen-bond donors (Lipinski definition) is 2. The van der Waals surface area contributed by atoms with Crippen LogP contribution in [0.25, 0.3) is 11.3 Å². The quantitative estimate of drug-likeness (QED) is 0.695. The third-order valence-electron chi connectivity index (χ3n) is 5.45. The van der Waals surface area contributed by atoms with Gasteiger partial charge in [-0.3, -0.25) is 14.7 Å². The first-order valence-electron chi connectivity index (χ1n) is 9.98. The summed E-state index contributed by atoms with van der Waals surface area (Å²) in [6, 6.07) is 15.1. The molecule has 7 heteroatoms. The van der Waals surface area contributed by atoms with Gasteiger partial charge in [0.15, 0.2) is 0 Å². The van der Waals surface area contributed by atoms with Crippen LogP contribution in [0.5, 0.6) is 0 Å². The lowest BCUT2D eigenvalue weighted by Gasteiger charge is -2.32. The SMILES string of the molecule is Cc1ccccc1-c1cc(C(=O)N2CCC(NC(=O)c3ccc(F)cc3)CC2)[nH]n1. The average Bonchev–Trinajstić information content (AvgIpc) is 3.24. The first-order valence-corrected chi connectivity index (χ1v) is 9.98. The Kier molecular flexibility index (Phi) is 5.61. The number of H-pyrrole nitrogens is 1. The number of piperidine rings is 1. The number of nitrogens with one attached hydrogen (secondary N) is 2. The highest BCUT2D eigenvalue weighted by atomic mass is 19.1. The molecule has 1 aromatic heterocycles. The van der Waals surface area contributed by atoms with Gasteiger partial charge < -0.3 is 10.2 Å². The fourth-order valence-corrected chi connectivity index (χ4v) is 3.70. The molecule has 1 aliphatic heterocycles. The van der Waals surface area contributed by atoms with Crippen LogP contribution >= 0.6 is 0 Å². The van der Waals surface area contributed by atoms with Gasteiger partial charge in [0.25, 0.3) is 11.8 Å². The molecule has 2 amide bonds. The van der Waals surface area contributed by atoms with E-state index >= 15 is 0 Å². The van der Waals surface area contributed by atoms with Crippen LogP contribution in [0.3, 0.4) is 0 Å². The molecule has 30 heavy (non-hydrogen) atoms. The molecule has 0 atom stereocenters. The number of nitrogens with zero attached hydrogens (tertiary/aromatic N) is 2. The van der Waals surface area contributed by atoms with Crippen molar-refractivity contribution < 1.29 is 14.0 Å². The fourth-order valence-electron chi connectivity index (χ4n) is 3.70. The van der Waals surface area contributed by atoms with E-state index in [0.29, 0.717) is 37.2 Å². The van der Waals surface area contributed by atoms with Crippen LogP contribution in [-0.2, 0) is 0 Å². The molecule has 1 saturated heterocycles. The summed E-state index contributed by atoms with van der Waals surface area (Å²) in [6.07, 6.45) is 1.33. The topological polar surface area (TPSA) is 78.1 Å². The zero-order chi connectivity index (χ0) is 21.1. The smallest absolute Gasteiger partial charge is 0.271 e. The Bertz CT molecular complexity index is 1050. The van der Waals surface area contributed by atoms with E-state index in [4.69, 9.17) is 0 Å². The van der Waals surface area contributed by atoms with E-state index in [1.165, 1.54) is 24.3 Å². The number of aromatic nitrogens is 2. The largest absolute Gasteiger partial charge is 0.349 e. The fraction of sp³-hybridized carbons (Fsp3) is 0.261. The number of carbonyl (C=O) groups is 2. The van der Waals surface area contributed by atoms with Crippen molar-refractivity contribution >= 4 is 11.8 Å². The van der Waals surface area contributed by atoms with E-state index in [0.717, 1.165) is 16.8 Å². The van der Waals surface area contributed by atoms with Gasteiger partial charge in [-0.15, -0.1) is 0 Å².